The Bertz CT molecular complexity index is 414. The molecule has 1 aromatic rings. The largest absolute Gasteiger partial charge is 0.378 e. The van der Waals surface area contributed by atoms with Gasteiger partial charge < -0.3 is 19.9 Å². The van der Waals surface area contributed by atoms with E-state index in [1.165, 1.54) is 0 Å². The van der Waals surface area contributed by atoms with Gasteiger partial charge in [-0.15, -0.1) is 0 Å². The molecule has 0 bridgehead atoms. The lowest BCUT2D eigenvalue weighted by Crippen LogP contribution is -2.44. The Morgan fingerprint density at radius 1 is 1.53 bits per heavy atom. The Morgan fingerprint density at radius 3 is 2.88 bits per heavy atom. The number of rotatable bonds is 3. The minimum atomic E-state index is -0.0450. The van der Waals surface area contributed by atoms with Crippen molar-refractivity contribution in [2.75, 3.05) is 20.2 Å². The van der Waals surface area contributed by atoms with E-state index in [-0.39, 0.29) is 18.1 Å². The van der Waals surface area contributed by atoms with Crippen LogP contribution in [0.25, 0.3) is 0 Å². The van der Waals surface area contributed by atoms with E-state index < -0.39 is 0 Å². The van der Waals surface area contributed by atoms with Gasteiger partial charge in [0.05, 0.1) is 12.1 Å². The highest BCUT2D eigenvalue weighted by molar-refractivity contribution is 5.93. The van der Waals surface area contributed by atoms with Crippen LogP contribution in [0.5, 0.6) is 0 Å². The molecule has 94 valence electrons. The van der Waals surface area contributed by atoms with E-state index in [4.69, 9.17) is 4.74 Å². The summed E-state index contributed by atoms with van der Waals surface area (Å²) in [6.07, 6.45) is 0.0558. The first kappa shape index (κ1) is 12.1. The number of nitrogens with one attached hydrogen (secondary N) is 2. The van der Waals surface area contributed by atoms with Crippen LogP contribution in [0.2, 0.25) is 0 Å². The van der Waals surface area contributed by atoms with E-state index >= 15 is 0 Å². The maximum Gasteiger partial charge on any atom is 0.268 e. The van der Waals surface area contributed by atoms with Gasteiger partial charge in [0, 0.05) is 32.9 Å². The van der Waals surface area contributed by atoms with Crippen molar-refractivity contribution in [3.8, 4) is 0 Å². The predicted octanol–water partition coefficient (Wildman–Crippen LogP) is 0.0501. The first-order valence-electron chi connectivity index (χ1n) is 5.80. The molecule has 0 radical (unpaired) electrons. The number of carbonyl (C=O) groups is 1. The summed E-state index contributed by atoms with van der Waals surface area (Å²) in [6.45, 7) is 3.52. The highest BCUT2D eigenvalue weighted by atomic mass is 16.5. The van der Waals surface area contributed by atoms with Crippen LogP contribution in [0.15, 0.2) is 12.1 Å². The molecule has 2 rings (SSSR count). The predicted molar refractivity (Wildman–Crippen MR) is 65.1 cm³/mol. The van der Waals surface area contributed by atoms with Crippen molar-refractivity contribution in [3.05, 3.63) is 23.5 Å². The minimum absolute atomic E-state index is 0.0442. The van der Waals surface area contributed by atoms with Gasteiger partial charge in [0.1, 0.15) is 5.69 Å². The molecule has 1 unspecified atom stereocenters. The zero-order chi connectivity index (χ0) is 12.4. The smallest absolute Gasteiger partial charge is 0.268 e. The van der Waals surface area contributed by atoms with Gasteiger partial charge in [0.2, 0.25) is 0 Å². The van der Waals surface area contributed by atoms with Gasteiger partial charge in [-0.2, -0.15) is 0 Å². The van der Waals surface area contributed by atoms with Crippen LogP contribution in [0.1, 0.15) is 16.2 Å². The average Bonchev–Trinajstić information content (AvgIpc) is 2.87. The number of amides is 1. The summed E-state index contributed by atoms with van der Waals surface area (Å²) in [4.78, 5) is 12.1. The van der Waals surface area contributed by atoms with Crippen molar-refractivity contribution in [2.24, 2.45) is 7.05 Å². The number of aryl methyl sites for hydroxylation is 1. The van der Waals surface area contributed by atoms with Gasteiger partial charge in [-0.1, -0.05) is 0 Å². The Kier molecular flexibility index (Phi) is 3.49. The molecule has 0 aliphatic carbocycles. The normalized spacial score (nSPS) is 23.9. The molecule has 2 N–H and O–H groups in total. The molecular formula is C12H19N3O2. The van der Waals surface area contributed by atoms with E-state index in [0.29, 0.717) is 5.69 Å². The fraction of sp³-hybridized carbons (Fsp3) is 0.583. The number of ether oxygens (including phenoxy) is 1. The topological polar surface area (TPSA) is 55.3 Å². The molecule has 1 aromatic heterocycles. The van der Waals surface area contributed by atoms with Crippen LogP contribution < -0.4 is 10.6 Å². The van der Waals surface area contributed by atoms with Crippen LogP contribution in [0, 0.1) is 6.92 Å². The molecule has 17 heavy (non-hydrogen) atoms. The molecule has 5 heteroatoms. The van der Waals surface area contributed by atoms with Crippen LogP contribution in [0.3, 0.4) is 0 Å². The summed E-state index contributed by atoms with van der Waals surface area (Å²) in [5.74, 6) is -0.0450. The third-order valence-electron chi connectivity index (χ3n) is 3.38. The number of hydrogen-bond acceptors (Lipinski definition) is 3. The first-order chi connectivity index (χ1) is 8.13. The number of hydrogen-bond donors (Lipinski definition) is 2. The lowest BCUT2D eigenvalue weighted by molar-refractivity contribution is 0.0774. The number of carbonyl (C=O) groups excluding carboxylic acids is 1. The van der Waals surface area contributed by atoms with Crippen LogP contribution >= 0.6 is 0 Å². The maximum atomic E-state index is 12.1. The highest BCUT2D eigenvalue weighted by Gasteiger charge is 2.28. The second-order valence-corrected chi connectivity index (χ2v) is 4.43. The van der Waals surface area contributed by atoms with Crippen LogP contribution in [0.4, 0.5) is 0 Å². The third-order valence-corrected chi connectivity index (χ3v) is 3.38. The zero-order valence-corrected chi connectivity index (χ0v) is 10.5. The van der Waals surface area contributed by atoms with Gasteiger partial charge in [-0.05, 0) is 19.1 Å². The zero-order valence-electron chi connectivity index (χ0n) is 10.5. The summed E-state index contributed by atoms with van der Waals surface area (Å²) in [7, 11) is 3.56. The number of methoxy groups -OCH3 is 1. The molecule has 5 nitrogen and oxygen atoms in total. The summed E-state index contributed by atoms with van der Waals surface area (Å²) >= 11 is 0. The summed E-state index contributed by atoms with van der Waals surface area (Å²) in [5.41, 5.74) is 1.76. The summed E-state index contributed by atoms with van der Waals surface area (Å²) in [6, 6.07) is 3.83. The van der Waals surface area contributed by atoms with Crippen molar-refractivity contribution in [3.63, 3.8) is 0 Å². The van der Waals surface area contributed by atoms with Gasteiger partial charge in [-0.25, -0.2) is 0 Å². The second-order valence-electron chi connectivity index (χ2n) is 4.43. The molecule has 1 fully saturated rings. The Hall–Kier alpha value is -1.33. The minimum Gasteiger partial charge on any atom is -0.378 e. The maximum absolute atomic E-state index is 12.1. The van der Waals surface area contributed by atoms with Gasteiger partial charge >= 0.3 is 0 Å². The summed E-state index contributed by atoms with van der Waals surface area (Å²) in [5, 5.41) is 6.21. The molecule has 0 saturated carbocycles. The van der Waals surface area contributed by atoms with E-state index in [1.807, 2.05) is 30.7 Å². The second kappa shape index (κ2) is 4.89. The fourth-order valence-electron chi connectivity index (χ4n) is 2.13. The van der Waals surface area contributed by atoms with E-state index in [0.717, 1.165) is 18.8 Å². The lowest BCUT2D eigenvalue weighted by Gasteiger charge is -2.18. The Labute approximate surface area is 101 Å². The van der Waals surface area contributed by atoms with Gasteiger partial charge in [0.15, 0.2) is 0 Å². The Balaban J connectivity index is 2.04. The molecule has 1 amide bonds. The summed E-state index contributed by atoms with van der Waals surface area (Å²) < 4.78 is 7.20. The fourth-order valence-corrected chi connectivity index (χ4v) is 2.13. The molecule has 1 aliphatic rings. The quantitative estimate of drug-likeness (QED) is 0.781. The first-order valence-corrected chi connectivity index (χ1v) is 5.80. The van der Waals surface area contributed by atoms with E-state index in [2.05, 4.69) is 10.6 Å². The molecular weight excluding hydrogens is 218 g/mol. The highest BCUT2D eigenvalue weighted by Crippen LogP contribution is 2.08. The van der Waals surface area contributed by atoms with Gasteiger partial charge in [0.25, 0.3) is 5.91 Å². The Morgan fingerprint density at radius 2 is 2.29 bits per heavy atom. The van der Waals surface area contributed by atoms with Crippen molar-refractivity contribution < 1.29 is 9.53 Å². The van der Waals surface area contributed by atoms with E-state index in [9.17, 15) is 4.79 Å². The average molecular weight is 237 g/mol. The third kappa shape index (κ3) is 2.35. The van der Waals surface area contributed by atoms with Crippen molar-refractivity contribution in [1.29, 1.82) is 0 Å². The van der Waals surface area contributed by atoms with Crippen LogP contribution in [-0.4, -0.2) is 42.8 Å². The van der Waals surface area contributed by atoms with Crippen LogP contribution in [-0.2, 0) is 11.8 Å². The number of aromatic nitrogens is 1. The van der Waals surface area contributed by atoms with Crippen molar-refractivity contribution in [1.82, 2.24) is 15.2 Å². The molecule has 2 atom stereocenters. The SMILES string of the molecule is CO[C@H]1CNCC1NC(=O)c1ccc(C)n1C. The monoisotopic (exact) mass is 237 g/mol. The number of nitrogens with zero attached hydrogens (tertiary/aromatic N) is 1. The molecule has 0 spiro atoms. The molecule has 0 aromatic carbocycles. The van der Waals surface area contributed by atoms with E-state index in [1.54, 1.807) is 7.11 Å². The van der Waals surface area contributed by atoms with Gasteiger partial charge in [-0.3, -0.25) is 4.79 Å². The lowest BCUT2D eigenvalue weighted by atomic mass is 10.2. The molecule has 1 aliphatic heterocycles. The standard InChI is InChI=1S/C12H19N3O2/c1-8-4-5-10(15(8)2)12(16)14-9-6-13-7-11(9)17-3/h4-5,9,11,13H,6-7H2,1-3H3,(H,14,16)/t9?,11-/m0/s1. The molecule has 1 saturated heterocycles. The van der Waals surface area contributed by atoms with Crippen molar-refractivity contribution in [2.45, 2.75) is 19.1 Å². The van der Waals surface area contributed by atoms with Crippen molar-refractivity contribution >= 4 is 5.91 Å². The molecule has 2 heterocycles.